The van der Waals surface area contributed by atoms with Crippen LogP contribution < -0.4 is 15.2 Å². The first kappa shape index (κ1) is 22.4. The third-order valence-corrected chi connectivity index (χ3v) is 7.24. The Bertz CT molecular complexity index is 1380. The highest BCUT2D eigenvalue weighted by atomic mass is 32.1. The molecular formula is C24H28N6O3S. The molecule has 0 radical (unpaired) electrons. The number of anilines is 1. The molecule has 4 heterocycles. The maximum atomic E-state index is 13.0. The van der Waals surface area contributed by atoms with E-state index in [0.29, 0.717) is 48.8 Å². The number of fused-ring (bicyclic) bond motifs is 3. The van der Waals surface area contributed by atoms with E-state index in [2.05, 4.69) is 21.2 Å². The van der Waals surface area contributed by atoms with Crippen LogP contribution >= 0.6 is 11.3 Å². The highest BCUT2D eigenvalue weighted by molar-refractivity contribution is 7.17. The summed E-state index contributed by atoms with van der Waals surface area (Å²) < 4.78 is 9.81. The van der Waals surface area contributed by atoms with Crippen LogP contribution in [0.5, 0.6) is 5.75 Å². The maximum absolute atomic E-state index is 13.0. The smallest absolute Gasteiger partial charge is 0.272 e. The van der Waals surface area contributed by atoms with Crippen LogP contribution in [-0.2, 0) is 17.8 Å². The quantitative estimate of drug-likeness (QED) is 0.404. The summed E-state index contributed by atoms with van der Waals surface area (Å²) in [6.45, 7) is 5.48. The fraction of sp³-hybridized carbons (Fsp3) is 0.417. The maximum Gasteiger partial charge on any atom is 0.272 e. The molecule has 10 heteroatoms. The lowest BCUT2D eigenvalue weighted by atomic mass is 10.2. The average Bonchev–Trinajstić information content (AvgIpc) is 3.52. The fourth-order valence-electron chi connectivity index (χ4n) is 4.63. The van der Waals surface area contributed by atoms with Crippen LogP contribution in [0.1, 0.15) is 25.6 Å². The topological polar surface area (TPSA) is 85.0 Å². The molecule has 9 nitrogen and oxygen atoms in total. The Morgan fingerprint density at radius 1 is 1.12 bits per heavy atom. The van der Waals surface area contributed by atoms with Crippen LogP contribution in [-0.4, -0.2) is 63.3 Å². The molecule has 0 spiro atoms. The van der Waals surface area contributed by atoms with Gasteiger partial charge in [0.05, 0.1) is 18.3 Å². The highest BCUT2D eigenvalue weighted by Gasteiger charge is 2.24. The van der Waals surface area contributed by atoms with Crippen LogP contribution in [0.25, 0.3) is 16.0 Å². The molecule has 0 saturated carbocycles. The van der Waals surface area contributed by atoms with Gasteiger partial charge in [0.2, 0.25) is 11.7 Å². The first-order valence-electron chi connectivity index (χ1n) is 11.6. The molecule has 0 bridgehead atoms. The normalized spacial score (nSPS) is 14.3. The SMILES string of the molecule is CCCn1c(=O)c2sccc2n2c(CCC(=O)N3CCN(c4ccccc4OC)CC3)nnc12. The summed E-state index contributed by atoms with van der Waals surface area (Å²) >= 11 is 1.43. The van der Waals surface area contributed by atoms with Crippen molar-refractivity contribution in [2.75, 3.05) is 38.2 Å². The second-order valence-corrected chi connectivity index (χ2v) is 9.30. The van der Waals surface area contributed by atoms with Crippen molar-refractivity contribution in [3.05, 3.63) is 51.9 Å². The van der Waals surface area contributed by atoms with Crippen LogP contribution in [0, 0.1) is 0 Å². The van der Waals surface area contributed by atoms with E-state index in [9.17, 15) is 9.59 Å². The minimum absolute atomic E-state index is 0.0257. The van der Waals surface area contributed by atoms with Gasteiger partial charge >= 0.3 is 0 Å². The van der Waals surface area contributed by atoms with Gasteiger partial charge in [-0.3, -0.25) is 18.6 Å². The molecule has 1 saturated heterocycles. The van der Waals surface area contributed by atoms with E-state index in [1.807, 2.05) is 45.9 Å². The van der Waals surface area contributed by atoms with Crippen LogP contribution in [0.15, 0.2) is 40.5 Å². The molecule has 0 aliphatic carbocycles. The van der Waals surface area contributed by atoms with Gasteiger partial charge in [-0.15, -0.1) is 21.5 Å². The zero-order valence-corrected chi connectivity index (χ0v) is 20.3. The van der Waals surface area contributed by atoms with E-state index < -0.39 is 0 Å². The zero-order valence-electron chi connectivity index (χ0n) is 19.4. The van der Waals surface area contributed by atoms with E-state index in [1.165, 1.54) is 11.3 Å². The summed E-state index contributed by atoms with van der Waals surface area (Å²) in [5, 5.41) is 10.6. The van der Waals surface area contributed by atoms with E-state index >= 15 is 0 Å². The number of thiophene rings is 1. The van der Waals surface area contributed by atoms with Crippen molar-refractivity contribution in [3.63, 3.8) is 0 Å². The average molecular weight is 481 g/mol. The lowest BCUT2D eigenvalue weighted by Gasteiger charge is -2.36. The van der Waals surface area contributed by atoms with E-state index in [1.54, 1.807) is 11.7 Å². The lowest BCUT2D eigenvalue weighted by molar-refractivity contribution is -0.131. The molecule has 1 fully saturated rings. The third kappa shape index (κ3) is 3.91. The number of para-hydroxylation sites is 2. The van der Waals surface area contributed by atoms with E-state index in [4.69, 9.17) is 4.74 Å². The molecule has 4 aromatic rings. The van der Waals surface area contributed by atoms with Crippen LogP contribution in [0.4, 0.5) is 5.69 Å². The lowest BCUT2D eigenvalue weighted by Crippen LogP contribution is -2.49. The zero-order chi connectivity index (χ0) is 23.7. The van der Waals surface area contributed by atoms with Gasteiger partial charge in [0.15, 0.2) is 0 Å². The number of benzene rings is 1. The molecule has 178 valence electrons. The van der Waals surface area contributed by atoms with Gasteiger partial charge < -0.3 is 14.5 Å². The number of ether oxygens (including phenoxy) is 1. The summed E-state index contributed by atoms with van der Waals surface area (Å²) in [5.74, 6) is 2.22. The minimum atomic E-state index is -0.0257. The molecular weight excluding hydrogens is 452 g/mol. The number of aromatic nitrogens is 4. The van der Waals surface area contributed by atoms with Crippen molar-refractivity contribution in [2.45, 2.75) is 32.7 Å². The van der Waals surface area contributed by atoms with Gasteiger partial charge in [0.1, 0.15) is 16.3 Å². The Hall–Kier alpha value is -3.40. The Morgan fingerprint density at radius 2 is 1.91 bits per heavy atom. The van der Waals surface area contributed by atoms with Crippen molar-refractivity contribution in [2.24, 2.45) is 0 Å². The predicted octanol–water partition coefficient (Wildman–Crippen LogP) is 2.81. The molecule has 0 N–H and O–H groups in total. The second kappa shape index (κ2) is 9.46. The van der Waals surface area contributed by atoms with Crippen LogP contribution in [0.3, 0.4) is 0 Å². The number of carbonyl (C=O) groups excluding carboxylic acids is 1. The van der Waals surface area contributed by atoms with E-state index in [-0.39, 0.29) is 11.5 Å². The molecule has 3 aromatic heterocycles. The summed E-state index contributed by atoms with van der Waals surface area (Å²) in [4.78, 5) is 30.0. The fourth-order valence-corrected chi connectivity index (χ4v) is 5.46. The first-order chi connectivity index (χ1) is 16.6. The largest absolute Gasteiger partial charge is 0.495 e. The van der Waals surface area contributed by atoms with Gasteiger partial charge in [-0.1, -0.05) is 19.1 Å². The highest BCUT2D eigenvalue weighted by Crippen LogP contribution is 2.28. The standard InChI is InChI=1S/C24H28N6O3S/c1-3-11-29-23(32)22-18(10-16-34-22)30-20(25-26-24(29)30)8-9-21(31)28-14-12-27(13-15-28)17-6-4-5-7-19(17)33-2/h4-7,10,16H,3,8-9,11-15H2,1-2H3. The molecule has 5 rings (SSSR count). The Balaban J connectivity index is 1.29. The number of amides is 1. The summed E-state index contributed by atoms with van der Waals surface area (Å²) in [6, 6.07) is 9.90. The second-order valence-electron chi connectivity index (χ2n) is 8.38. The predicted molar refractivity (Wildman–Crippen MR) is 133 cm³/mol. The molecule has 0 unspecified atom stereocenters. The number of hydrogen-bond donors (Lipinski definition) is 0. The molecule has 1 amide bonds. The number of piperazine rings is 1. The Morgan fingerprint density at radius 3 is 2.68 bits per heavy atom. The van der Waals surface area contributed by atoms with E-state index in [0.717, 1.165) is 36.5 Å². The Kier molecular flexibility index (Phi) is 6.23. The molecule has 34 heavy (non-hydrogen) atoms. The van der Waals surface area contributed by atoms with Gasteiger partial charge in [-0.05, 0) is 30.0 Å². The van der Waals surface area contributed by atoms with Gasteiger partial charge in [0, 0.05) is 45.6 Å². The molecule has 0 atom stereocenters. The number of carbonyl (C=O) groups is 1. The summed E-state index contributed by atoms with van der Waals surface area (Å²) in [6.07, 6.45) is 1.66. The van der Waals surface area contributed by atoms with Crippen molar-refractivity contribution in [1.29, 1.82) is 0 Å². The van der Waals surface area contributed by atoms with Crippen molar-refractivity contribution in [3.8, 4) is 5.75 Å². The number of nitrogens with zero attached hydrogens (tertiary/aromatic N) is 6. The van der Waals surface area contributed by atoms with Crippen molar-refractivity contribution < 1.29 is 9.53 Å². The number of hydrogen-bond acceptors (Lipinski definition) is 7. The monoisotopic (exact) mass is 480 g/mol. The number of aryl methyl sites for hydroxylation is 2. The van der Waals surface area contributed by atoms with Gasteiger partial charge in [0.25, 0.3) is 5.56 Å². The first-order valence-corrected chi connectivity index (χ1v) is 12.5. The number of methoxy groups -OCH3 is 1. The number of rotatable bonds is 7. The molecule has 1 aliphatic heterocycles. The third-order valence-electron chi connectivity index (χ3n) is 6.35. The van der Waals surface area contributed by atoms with Gasteiger partial charge in [-0.25, -0.2) is 0 Å². The minimum Gasteiger partial charge on any atom is -0.495 e. The summed E-state index contributed by atoms with van der Waals surface area (Å²) in [7, 11) is 1.68. The molecule has 1 aromatic carbocycles. The molecule has 1 aliphatic rings. The van der Waals surface area contributed by atoms with Crippen LogP contribution in [0.2, 0.25) is 0 Å². The summed E-state index contributed by atoms with van der Waals surface area (Å²) in [5.41, 5.74) is 1.85. The van der Waals surface area contributed by atoms with Gasteiger partial charge in [-0.2, -0.15) is 0 Å². The van der Waals surface area contributed by atoms with Crippen molar-refractivity contribution >= 4 is 38.9 Å². The Labute approximate surface area is 201 Å². The van der Waals surface area contributed by atoms with Crippen molar-refractivity contribution in [1.82, 2.24) is 24.1 Å².